The second-order valence-corrected chi connectivity index (χ2v) is 3.97. The standard InChI is InChI=1S/C14H15NO4/c1-3-19-13(17)9-15-8-7-11(16)10-5-4-6-12(18-2)14(10)15/h4-8H,3,9H2,1-2H3. The van der Waals surface area contributed by atoms with E-state index in [0.717, 1.165) is 0 Å². The summed E-state index contributed by atoms with van der Waals surface area (Å²) in [7, 11) is 1.53. The van der Waals surface area contributed by atoms with E-state index < -0.39 is 0 Å². The first-order chi connectivity index (χ1) is 9.17. The van der Waals surface area contributed by atoms with Gasteiger partial charge >= 0.3 is 5.97 Å². The summed E-state index contributed by atoms with van der Waals surface area (Å²) < 4.78 is 11.8. The summed E-state index contributed by atoms with van der Waals surface area (Å²) in [6, 6.07) is 6.64. The number of carbonyl (C=O) groups excluding carboxylic acids is 1. The summed E-state index contributed by atoms with van der Waals surface area (Å²) in [6.07, 6.45) is 1.57. The van der Waals surface area contributed by atoms with Crippen LogP contribution in [0.1, 0.15) is 6.92 Å². The lowest BCUT2D eigenvalue weighted by molar-refractivity contribution is -0.143. The maximum absolute atomic E-state index is 11.8. The summed E-state index contributed by atoms with van der Waals surface area (Å²) in [5.41, 5.74) is 0.500. The van der Waals surface area contributed by atoms with E-state index in [4.69, 9.17) is 9.47 Å². The predicted octanol–water partition coefficient (Wildman–Crippen LogP) is 1.57. The zero-order valence-corrected chi connectivity index (χ0v) is 10.9. The number of methoxy groups -OCH3 is 1. The molecule has 0 bridgehead atoms. The Bertz CT molecular complexity index is 660. The molecule has 0 N–H and O–H groups in total. The Labute approximate surface area is 110 Å². The van der Waals surface area contributed by atoms with Crippen molar-refractivity contribution >= 4 is 16.9 Å². The van der Waals surface area contributed by atoms with Crippen LogP contribution in [-0.2, 0) is 16.1 Å². The number of carbonyl (C=O) groups is 1. The molecule has 0 saturated heterocycles. The molecule has 0 unspecified atom stereocenters. The Morgan fingerprint density at radius 3 is 2.79 bits per heavy atom. The smallest absolute Gasteiger partial charge is 0.325 e. The fraction of sp³-hybridized carbons (Fsp3) is 0.286. The Morgan fingerprint density at radius 1 is 1.32 bits per heavy atom. The van der Waals surface area contributed by atoms with Gasteiger partial charge in [0.25, 0.3) is 0 Å². The number of pyridine rings is 1. The van der Waals surface area contributed by atoms with Crippen LogP contribution in [0.4, 0.5) is 0 Å². The summed E-state index contributed by atoms with van der Waals surface area (Å²) in [4.78, 5) is 23.4. The van der Waals surface area contributed by atoms with Crippen LogP contribution in [0.5, 0.6) is 5.75 Å². The van der Waals surface area contributed by atoms with Gasteiger partial charge in [0.05, 0.1) is 19.2 Å². The van der Waals surface area contributed by atoms with Crippen LogP contribution in [-0.4, -0.2) is 24.3 Å². The van der Waals surface area contributed by atoms with E-state index in [0.29, 0.717) is 23.3 Å². The molecule has 1 aromatic heterocycles. The third-order valence-electron chi connectivity index (χ3n) is 2.78. The molecule has 19 heavy (non-hydrogen) atoms. The molecule has 5 heteroatoms. The molecular formula is C14H15NO4. The van der Waals surface area contributed by atoms with E-state index in [-0.39, 0.29) is 17.9 Å². The van der Waals surface area contributed by atoms with Crippen molar-refractivity contribution in [1.82, 2.24) is 4.57 Å². The zero-order valence-electron chi connectivity index (χ0n) is 10.9. The number of benzene rings is 1. The van der Waals surface area contributed by atoms with Gasteiger partial charge in [0.15, 0.2) is 5.43 Å². The van der Waals surface area contributed by atoms with Gasteiger partial charge in [-0.05, 0) is 19.1 Å². The lowest BCUT2D eigenvalue weighted by atomic mass is 10.2. The SMILES string of the molecule is CCOC(=O)Cn1ccc(=O)c2cccc(OC)c21. The molecule has 5 nitrogen and oxygen atoms in total. The molecule has 0 aliphatic heterocycles. The molecule has 0 aliphatic rings. The highest BCUT2D eigenvalue weighted by Gasteiger charge is 2.11. The first-order valence-electron chi connectivity index (χ1n) is 5.99. The Morgan fingerprint density at radius 2 is 2.11 bits per heavy atom. The van der Waals surface area contributed by atoms with Crippen molar-refractivity contribution in [3.63, 3.8) is 0 Å². The molecule has 0 fully saturated rings. The quantitative estimate of drug-likeness (QED) is 0.784. The maximum atomic E-state index is 11.8. The lowest BCUT2D eigenvalue weighted by Gasteiger charge is -2.12. The van der Waals surface area contributed by atoms with Crippen LogP contribution >= 0.6 is 0 Å². The van der Waals surface area contributed by atoms with E-state index >= 15 is 0 Å². The van der Waals surface area contributed by atoms with Gasteiger partial charge in [0.2, 0.25) is 0 Å². The second kappa shape index (κ2) is 5.56. The first-order valence-corrected chi connectivity index (χ1v) is 5.99. The van der Waals surface area contributed by atoms with Crippen LogP contribution in [0.2, 0.25) is 0 Å². The average Bonchev–Trinajstić information content (AvgIpc) is 2.41. The van der Waals surface area contributed by atoms with Crippen LogP contribution in [0.25, 0.3) is 10.9 Å². The van der Waals surface area contributed by atoms with E-state index in [9.17, 15) is 9.59 Å². The van der Waals surface area contributed by atoms with Gasteiger partial charge in [-0.2, -0.15) is 0 Å². The minimum atomic E-state index is -0.349. The highest BCUT2D eigenvalue weighted by atomic mass is 16.5. The van der Waals surface area contributed by atoms with E-state index in [2.05, 4.69) is 0 Å². The molecule has 100 valence electrons. The number of nitrogens with zero attached hydrogens (tertiary/aromatic N) is 1. The molecule has 2 rings (SSSR count). The number of hydrogen-bond acceptors (Lipinski definition) is 4. The number of ether oxygens (including phenoxy) is 2. The van der Waals surface area contributed by atoms with E-state index in [1.54, 1.807) is 35.9 Å². The van der Waals surface area contributed by atoms with Crippen LogP contribution in [0.3, 0.4) is 0 Å². The van der Waals surface area contributed by atoms with Gasteiger partial charge < -0.3 is 14.0 Å². The number of hydrogen-bond donors (Lipinski definition) is 0. The molecule has 0 spiro atoms. The van der Waals surface area contributed by atoms with Crippen molar-refractivity contribution in [2.75, 3.05) is 13.7 Å². The number of esters is 1. The summed E-state index contributed by atoms with van der Waals surface area (Å²) in [6.45, 7) is 2.13. The predicted molar refractivity (Wildman–Crippen MR) is 71.4 cm³/mol. The molecule has 2 aromatic rings. The fourth-order valence-corrected chi connectivity index (χ4v) is 1.98. The molecule has 0 saturated carbocycles. The topological polar surface area (TPSA) is 57.5 Å². The molecular weight excluding hydrogens is 246 g/mol. The third kappa shape index (κ3) is 2.59. The number of fused-ring (bicyclic) bond motifs is 1. The van der Waals surface area contributed by atoms with Crippen LogP contribution < -0.4 is 10.2 Å². The van der Waals surface area contributed by atoms with Gasteiger partial charge in [-0.1, -0.05) is 6.07 Å². The van der Waals surface area contributed by atoms with Crippen molar-refractivity contribution in [1.29, 1.82) is 0 Å². The highest BCUT2D eigenvalue weighted by Crippen LogP contribution is 2.22. The minimum Gasteiger partial charge on any atom is -0.495 e. The van der Waals surface area contributed by atoms with Gasteiger partial charge in [-0.15, -0.1) is 0 Å². The first kappa shape index (κ1) is 13.1. The van der Waals surface area contributed by atoms with Gasteiger partial charge in [-0.25, -0.2) is 0 Å². The summed E-state index contributed by atoms with van der Waals surface area (Å²) in [5, 5.41) is 0.520. The number of aromatic nitrogens is 1. The van der Waals surface area contributed by atoms with Crippen molar-refractivity contribution < 1.29 is 14.3 Å². The molecule has 0 aliphatic carbocycles. The lowest BCUT2D eigenvalue weighted by Crippen LogP contribution is -2.16. The van der Waals surface area contributed by atoms with E-state index in [1.807, 2.05) is 0 Å². The van der Waals surface area contributed by atoms with Crippen molar-refractivity contribution in [2.24, 2.45) is 0 Å². The molecule has 0 amide bonds. The second-order valence-electron chi connectivity index (χ2n) is 3.97. The van der Waals surface area contributed by atoms with Gasteiger partial charge in [0.1, 0.15) is 12.3 Å². The van der Waals surface area contributed by atoms with Gasteiger partial charge in [0, 0.05) is 17.6 Å². The molecule has 1 aromatic carbocycles. The Balaban J connectivity index is 2.58. The molecule has 0 radical (unpaired) electrons. The number of para-hydroxylation sites is 1. The van der Waals surface area contributed by atoms with Crippen molar-refractivity contribution in [3.05, 3.63) is 40.7 Å². The van der Waals surface area contributed by atoms with E-state index in [1.165, 1.54) is 13.2 Å². The largest absolute Gasteiger partial charge is 0.495 e. The molecule has 0 atom stereocenters. The monoisotopic (exact) mass is 261 g/mol. The molecule has 1 heterocycles. The van der Waals surface area contributed by atoms with Crippen molar-refractivity contribution in [3.8, 4) is 5.75 Å². The number of rotatable bonds is 4. The summed E-state index contributed by atoms with van der Waals surface area (Å²) in [5.74, 6) is 0.206. The highest BCUT2D eigenvalue weighted by molar-refractivity contribution is 5.86. The Kier molecular flexibility index (Phi) is 3.85. The summed E-state index contributed by atoms with van der Waals surface area (Å²) >= 11 is 0. The Hall–Kier alpha value is -2.30. The fourth-order valence-electron chi connectivity index (χ4n) is 1.98. The third-order valence-corrected chi connectivity index (χ3v) is 2.78. The van der Waals surface area contributed by atoms with Crippen molar-refractivity contribution in [2.45, 2.75) is 13.5 Å². The van der Waals surface area contributed by atoms with Crippen LogP contribution in [0.15, 0.2) is 35.3 Å². The average molecular weight is 261 g/mol. The normalized spacial score (nSPS) is 10.4. The van der Waals surface area contributed by atoms with Crippen LogP contribution in [0, 0.1) is 0 Å². The zero-order chi connectivity index (χ0) is 13.8. The van der Waals surface area contributed by atoms with Gasteiger partial charge in [-0.3, -0.25) is 9.59 Å². The maximum Gasteiger partial charge on any atom is 0.325 e. The minimum absolute atomic E-state index is 0.0466.